The van der Waals surface area contributed by atoms with Crippen LogP contribution in [-0.2, 0) is 4.74 Å². The number of benzene rings is 2. The highest BCUT2D eigenvalue weighted by molar-refractivity contribution is 7.20. The zero-order valence-corrected chi connectivity index (χ0v) is 20.0. The molecule has 0 atom stereocenters. The van der Waals surface area contributed by atoms with Crippen molar-refractivity contribution < 1.29 is 14.6 Å². The van der Waals surface area contributed by atoms with Crippen LogP contribution in [0.4, 0.5) is 0 Å². The lowest BCUT2D eigenvalue weighted by Gasteiger charge is -2.04. The van der Waals surface area contributed by atoms with Gasteiger partial charge in [0.15, 0.2) is 5.76 Å². The lowest BCUT2D eigenvalue weighted by molar-refractivity contribution is 0.0508. The van der Waals surface area contributed by atoms with Gasteiger partial charge < -0.3 is 9.84 Å². The number of aryl methyl sites for hydroxylation is 1. The topological polar surface area (TPSA) is 101 Å². The molecule has 0 amide bonds. The maximum atomic E-state index is 12.7. The molecule has 10 heteroatoms. The fraction of sp³-hybridized carbons (Fsp3) is 0.0833. The number of hydrogen-bond acceptors (Lipinski definition) is 8. The normalized spacial score (nSPS) is 12.0. The number of hydrogen-bond donors (Lipinski definition) is 1. The molecule has 5 rings (SSSR count). The van der Waals surface area contributed by atoms with Crippen LogP contribution in [0.25, 0.3) is 31.7 Å². The van der Waals surface area contributed by atoms with Gasteiger partial charge in [-0.2, -0.15) is 10.4 Å². The zero-order chi connectivity index (χ0) is 23.8. The van der Waals surface area contributed by atoms with Gasteiger partial charge in [0.25, 0.3) is 0 Å². The van der Waals surface area contributed by atoms with Gasteiger partial charge in [-0.1, -0.05) is 23.7 Å². The lowest BCUT2D eigenvalue weighted by atomic mass is 10.2. The van der Waals surface area contributed by atoms with Gasteiger partial charge in [0, 0.05) is 10.4 Å². The van der Waals surface area contributed by atoms with Gasteiger partial charge >= 0.3 is 5.97 Å². The van der Waals surface area contributed by atoms with Crippen LogP contribution in [-0.4, -0.2) is 32.4 Å². The molecule has 0 aliphatic rings. The monoisotopic (exact) mass is 506 g/mol. The standard InChI is InChI=1S/C24H15ClN4O3S2/c1-13-16-10-21(34-23(16)29(28-13)15-8-6-14(25)7-9-15)24(31)32-12-19(30)17(11-26)22-27-18-4-2-3-5-20(18)33-22/h2-10,30H,12H2,1H3/b19-17-. The predicted molar refractivity (Wildman–Crippen MR) is 134 cm³/mol. The molecule has 5 aromatic rings. The first-order chi connectivity index (χ1) is 16.4. The maximum Gasteiger partial charge on any atom is 0.348 e. The van der Waals surface area contributed by atoms with Crippen LogP contribution < -0.4 is 0 Å². The van der Waals surface area contributed by atoms with E-state index in [0.717, 1.165) is 31.8 Å². The number of rotatable bonds is 5. The van der Waals surface area contributed by atoms with Crippen LogP contribution in [0, 0.1) is 18.3 Å². The van der Waals surface area contributed by atoms with Crippen LogP contribution in [0.15, 0.2) is 60.4 Å². The van der Waals surface area contributed by atoms with E-state index in [2.05, 4.69) is 10.1 Å². The van der Waals surface area contributed by atoms with Crippen LogP contribution in [0.3, 0.4) is 0 Å². The largest absolute Gasteiger partial charge is 0.507 e. The summed E-state index contributed by atoms with van der Waals surface area (Å²) in [5.74, 6) is -0.948. The molecule has 0 unspecified atom stereocenters. The molecule has 1 N–H and O–H groups in total. The number of aliphatic hydroxyl groups excluding tert-OH is 1. The maximum absolute atomic E-state index is 12.7. The number of fused-ring (bicyclic) bond motifs is 2. The molecule has 7 nitrogen and oxygen atoms in total. The Bertz CT molecular complexity index is 1590. The van der Waals surface area contributed by atoms with Crippen molar-refractivity contribution >= 4 is 66.3 Å². The fourth-order valence-corrected chi connectivity index (χ4v) is 5.58. The lowest BCUT2D eigenvalue weighted by Crippen LogP contribution is -2.07. The molecule has 0 bridgehead atoms. The van der Waals surface area contributed by atoms with Gasteiger partial charge in [0.2, 0.25) is 0 Å². The summed E-state index contributed by atoms with van der Waals surface area (Å²) in [6, 6.07) is 18.4. The summed E-state index contributed by atoms with van der Waals surface area (Å²) in [7, 11) is 0. The van der Waals surface area contributed by atoms with Gasteiger partial charge in [-0.3, -0.25) is 0 Å². The van der Waals surface area contributed by atoms with E-state index in [1.807, 2.05) is 49.4 Å². The minimum absolute atomic E-state index is 0.0143. The quantitative estimate of drug-likeness (QED) is 0.170. The van der Waals surface area contributed by atoms with E-state index >= 15 is 0 Å². The average Bonchev–Trinajstić information content (AvgIpc) is 3.53. The van der Waals surface area contributed by atoms with Crippen molar-refractivity contribution in [1.29, 1.82) is 5.26 Å². The van der Waals surface area contributed by atoms with E-state index in [1.165, 1.54) is 22.7 Å². The smallest absolute Gasteiger partial charge is 0.348 e. The number of thiophene rings is 1. The van der Waals surface area contributed by atoms with E-state index in [4.69, 9.17) is 16.3 Å². The molecule has 2 aromatic carbocycles. The molecular weight excluding hydrogens is 492 g/mol. The SMILES string of the molecule is Cc1nn(-c2ccc(Cl)cc2)c2sc(C(=O)OC/C(O)=C(\C#N)c3nc4ccccc4s3)cc12. The van der Waals surface area contributed by atoms with Crippen molar-refractivity contribution in [3.05, 3.63) is 81.0 Å². The third-order valence-electron chi connectivity index (χ3n) is 5.07. The Hall–Kier alpha value is -3.71. The number of carbonyl (C=O) groups is 1. The van der Waals surface area contributed by atoms with E-state index < -0.39 is 12.6 Å². The molecule has 0 fully saturated rings. The highest BCUT2D eigenvalue weighted by Gasteiger charge is 2.20. The van der Waals surface area contributed by atoms with Crippen molar-refractivity contribution in [3.8, 4) is 11.8 Å². The number of thiazole rings is 1. The molecule has 0 radical (unpaired) electrons. The minimum atomic E-state index is -0.601. The highest BCUT2D eigenvalue weighted by atomic mass is 35.5. The summed E-state index contributed by atoms with van der Waals surface area (Å²) in [4.78, 5) is 18.3. The fourth-order valence-electron chi connectivity index (χ4n) is 3.40. The summed E-state index contributed by atoms with van der Waals surface area (Å²) in [6.07, 6.45) is 0. The van der Waals surface area contributed by atoms with Gasteiger partial charge in [-0.25, -0.2) is 14.5 Å². The Labute approximate surface area is 206 Å². The second-order valence-electron chi connectivity index (χ2n) is 7.30. The number of nitriles is 1. The Balaban J connectivity index is 1.38. The second-order valence-corrected chi connectivity index (χ2v) is 9.80. The predicted octanol–water partition coefficient (Wildman–Crippen LogP) is 6.31. The third kappa shape index (κ3) is 4.03. The number of esters is 1. The first kappa shape index (κ1) is 22.1. The molecule has 3 heterocycles. The van der Waals surface area contributed by atoms with Crippen molar-refractivity contribution in [2.75, 3.05) is 6.61 Å². The number of ether oxygens (including phenoxy) is 1. The molecule has 0 aliphatic heterocycles. The number of nitrogens with zero attached hydrogens (tertiary/aromatic N) is 4. The summed E-state index contributed by atoms with van der Waals surface area (Å²) in [5.41, 5.74) is 2.31. The van der Waals surface area contributed by atoms with E-state index in [0.29, 0.717) is 14.9 Å². The van der Waals surface area contributed by atoms with E-state index in [1.54, 1.807) is 22.9 Å². The Kier molecular flexibility index (Phi) is 5.79. The number of aliphatic hydroxyl groups is 1. The molecular formula is C24H15ClN4O3S2. The number of carbonyl (C=O) groups excluding carboxylic acids is 1. The van der Waals surface area contributed by atoms with Crippen molar-refractivity contribution in [3.63, 3.8) is 0 Å². The molecule has 0 spiro atoms. The Morgan fingerprint density at radius 3 is 2.71 bits per heavy atom. The number of halogens is 1. The van der Waals surface area contributed by atoms with Crippen molar-refractivity contribution in [2.24, 2.45) is 0 Å². The average molecular weight is 507 g/mol. The first-order valence-corrected chi connectivity index (χ1v) is 12.1. The summed E-state index contributed by atoms with van der Waals surface area (Å²) >= 11 is 8.51. The first-order valence-electron chi connectivity index (χ1n) is 10.0. The van der Waals surface area contributed by atoms with Crippen LogP contribution >= 0.6 is 34.3 Å². The zero-order valence-electron chi connectivity index (χ0n) is 17.7. The summed E-state index contributed by atoms with van der Waals surface area (Å²) in [5, 5.41) is 26.4. The van der Waals surface area contributed by atoms with E-state index in [-0.39, 0.29) is 11.3 Å². The van der Waals surface area contributed by atoms with Crippen molar-refractivity contribution in [1.82, 2.24) is 14.8 Å². The molecule has 0 saturated heterocycles. The van der Waals surface area contributed by atoms with E-state index in [9.17, 15) is 15.2 Å². The van der Waals surface area contributed by atoms with Gasteiger partial charge in [-0.15, -0.1) is 22.7 Å². The summed E-state index contributed by atoms with van der Waals surface area (Å²) < 4.78 is 7.96. The minimum Gasteiger partial charge on any atom is -0.507 e. The third-order valence-corrected chi connectivity index (χ3v) is 7.46. The molecule has 0 aliphatic carbocycles. The number of aromatic nitrogens is 3. The van der Waals surface area contributed by atoms with Gasteiger partial charge in [0.05, 0.1) is 21.6 Å². The number of allylic oxidation sites excluding steroid dienone is 1. The van der Waals surface area contributed by atoms with Crippen LogP contribution in [0.5, 0.6) is 0 Å². The van der Waals surface area contributed by atoms with Gasteiger partial charge in [0.1, 0.15) is 33.0 Å². The second kappa shape index (κ2) is 8.91. The van der Waals surface area contributed by atoms with Crippen molar-refractivity contribution in [2.45, 2.75) is 6.92 Å². The molecule has 3 aromatic heterocycles. The van der Waals surface area contributed by atoms with Crippen LogP contribution in [0.1, 0.15) is 20.4 Å². The molecule has 0 saturated carbocycles. The summed E-state index contributed by atoms with van der Waals surface area (Å²) in [6.45, 7) is 1.43. The van der Waals surface area contributed by atoms with Gasteiger partial charge in [-0.05, 0) is 49.4 Å². The number of para-hydroxylation sites is 1. The Morgan fingerprint density at radius 1 is 1.21 bits per heavy atom. The van der Waals surface area contributed by atoms with Crippen LogP contribution in [0.2, 0.25) is 5.02 Å². The molecule has 168 valence electrons. The highest BCUT2D eigenvalue weighted by Crippen LogP contribution is 2.32. The molecule has 34 heavy (non-hydrogen) atoms. The Morgan fingerprint density at radius 2 is 1.97 bits per heavy atom.